The van der Waals surface area contributed by atoms with E-state index in [2.05, 4.69) is 5.32 Å². The number of β-lactam (4-membered cyclic amide) rings is 1. The van der Waals surface area contributed by atoms with Gasteiger partial charge in [-0.1, -0.05) is 84.9 Å². The molecule has 7 nitrogen and oxygen atoms in total. The quantitative estimate of drug-likeness (QED) is 0.192. The van der Waals surface area contributed by atoms with E-state index in [9.17, 15) is 28.0 Å². The van der Waals surface area contributed by atoms with Gasteiger partial charge in [0.2, 0.25) is 5.91 Å². The Bertz CT molecular complexity index is 1560. The number of amides is 1. The van der Waals surface area contributed by atoms with Crippen LogP contribution in [0.1, 0.15) is 35.6 Å². The molecule has 1 aliphatic rings. The van der Waals surface area contributed by atoms with E-state index in [0.717, 1.165) is 11.1 Å². The fourth-order valence-corrected chi connectivity index (χ4v) is 5.72. The molecule has 194 valence electrons. The van der Waals surface area contributed by atoms with Crippen molar-refractivity contribution in [2.75, 3.05) is 0 Å². The number of benzene rings is 4. The van der Waals surface area contributed by atoms with E-state index in [4.69, 9.17) is 0 Å². The lowest BCUT2D eigenvalue weighted by atomic mass is 9.64. The van der Waals surface area contributed by atoms with Gasteiger partial charge in [0.25, 0.3) is 10.1 Å². The average molecular weight is 530 g/mol. The first-order valence-electron chi connectivity index (χ1n) is 12.2. The highest BCUT2D eigenvalue weighted by Crippen LogP contribution is 2.48. The summed E-state index contributed by atoms with van der Waals surface area (Å²) in [5.74, 6) is -0.636. The van der Waals surface area contributed by atoms with Crippen LogP contribution in [0.25, 0.3) is 11.1 Å². The molecule has 0 aromatic heterocycles. The van der Waals surface area contributed by atoms with Gasteiger partial charge in [-0.3, -0.25) is 9.35 Å². The van der Waals surface area contributed by atoms with Crippen LogP contribution in [-0.2, 0) is 20.5 Å². The Morgan fingerprint density at radius 3 is 2.05 bits per heavy atom. The number of phenolic OH excluding ortho intramolecular Hbond substituents is 1. The van der Waals surface area contributed by atoms with Gasteiger partial charge in [0.1, 0.15) is 11.3 Å². The molecule has 1 fully saturated rings. The molecule has 0 bridgehead atoms. The Kier molecular flexibility index (Phi) is 6.79. The van der Waals surface area contributed by atoms with Crippen LogP contribution >= 0.6 is 0 Å². The molecule has 0 aliphatic carbocycles. The fourth-order valence-electron chi connectivity index (χ4n) is 5.24. The van der Waals surface area contributed by atoms with E-state index in [1.54, 1.807) is 12.1 Å². The minimum atomic E-state index is -4.33. The topological polar surface area (TPSA) is 124 Å². The molecular formula is C30H27NO6S. The molecule has 1 heterocycles. The average Bonchev–Trinajstić information content (AvgIpc) is 2.92. The van der Waals surface area contributed by atoms with E-state index < -0.39 is 27.7 Å². The number of aliphatic hydroxyl groups excluding tert-OH is 1. The summed E-state index contributed by atoms with van der Waals surface area (Å²) in [6.45, 7) is 0. The van der Waals surface area contributed by atoms with E-state index in [0.29, 0.717) is 29.5 Å². The number of rotatable bonds is 8. The van der Waals surface area contributed by atoms with Crippen LogP contribution in [0.15, 0.2) is 108 Å². The van der Waals surface area contributed by atoms with Crippen LogP contribution in [0.3, 0.4) is 0 Å². The number of carbonyl (C=O) groups excluding carboxylic acids is 1. The standard InChI is InChI=1S/C30H27NO6S/c32-27(21-7-3-1-4-8-21)18-17-26-29(34)31-30(26,22-9-5-2-6-10-22)23-13-16-25(28(33)19-23)20-11-14-24(15-12-20)38(35,36)37/h1-16,19,26-27,32-33H,17-18H2,(H,31,34)(H,35,36,37)/t26-,27-,30-/m0/s1. The molecule has 1 aliphatic heterocycles. The lowest BCUT2D eigenvalue weighted by molar-refractivity contribution is -0.140. The lowest BCUT2D eigenvalue weighted by Gasteiger charge is -2.50. The van der Waals surface area contributed by atoms with E-state index in [1.807, 2.05) is 66.7 Å². The maximum atomic E-state index is 12.9. The number of nitrogens with one attached hydrogen (secondary N) is 1. The van der Waals surface area contributed by atoms with Crippen molar-refractivity contribution in [3.63, 3.8) is 0 Å². The molecular weight excluding hydrogens is 502 g/mol. The normalized spacial score (nSPS) is 19.8. The Morgan fingerprint density at radius 1 is 0.842 bits per heavy atom. The first kappa shape index (κ1) is 25.7. The molecule has 0 unspecified atom stereocenters. The minimum Gasteiger partial charge on any atom is -0.507 e. The molecule has 1 amide bonds. The number of hydrogen-bond donors (Lipinski definition) is 4. The van der Waals surface area contributed by atoms with Gasteiger partial charge in [-0.25, -0.2) is 0 Å². The minimum absolute atomic E-state index is 0.0402. The smallest absolute Gasteiger partial charge is 0.294 e. The summed E-state index contributed by atoms with van der Waals surface area (Å²) in [6.07, 6.45) is 0.108. The molecule has 4 aromatic rings. The first-order chi connectivity index (χ1) is 18.2. The second-order valence-corrected chi connectivity index (χ2v) is 10.9. The summed E-state index contributed by atoms with van der Waals surface area (Å²) in [4.78, 5) is 12.7. The zero-order valence-electron chi connectivity index (χ0n) is 20.4. The van der Waals surface area contributed by atoms with Gasteiger partial charge in [0.15, 0.2) is 0 Å². The Labute approximate surface area is 221 Å². The first-order valence-corrected chi connectivity index (χ1v) is 13.7. The molecule has 0 radical (unpaired) electrons. The second-order valence-electron chi connectivity index (χ2n) is 9.45. The van der Waals surface area contributed by atoms with Crippen LogP contribution in [0.5, 0.6) is 5.75 Å². The molecule has 0 spiro atoms. The van der Waals surface area contributed by atoms with Crippen LogP contribution in [-0.4, -0.2) is 29.1 Å². The predicted molar refractivity (Wildman–Crippen MR) is 143 cm³/mol. The molecule has 0 saturated carbocycles. The molecule has 4 aromatic carbocycles. The number of phenols is 1. The van der Waals surface area contributed by atoms with Crippen molar-refractivity contribution in [2.45, 2.75) is 29.4 Å². The van der Waals surface area contributed by atoms with Crippen molar-refractivity contribution in [2.24, 2.45) is 5.92 Å². The van der Waals surface area contributed by atoms with Crippen molar-refractivity contribution in [3.8, 4) is 16.9 Å². The van der Waals surface area contributed by atoms with Gasteiger partial charge >= 0.3 is 0 Å². The Morgan fingerprint density at radius 2 is 1.47 bits per heavy atom. The van der Waals surface area contributed by atoms with Crippen LogP contribution in [0, 0.1) is 5.92 Å². The van der Waals surface area contributed by atoms with Gasteiger partial charge in [-0.05, 0) is 53.3 Å². The van der Waals surface area contributed by atoms with Gasteiger partial charge in [0.05, 0.1) is 16.9 Å². The van der Waals surface area contributed by atoms with Crippen molar-refractivity contribution in [3.05, 3.63) is 120 Å². The largest absolute Gasteiger partial charge is 0.507 e. The number of hydrogen-bond acceptors (Lipinski definition) is 5. The van der Waals surface area contributed by atoms with Crippen molar-refractivity contribution in [1.82, 2.24) is 5.32 Å². The third-order valence-electron chi connectivity index (χ3n) is 7.22. The summed E-state index contributed by atoms with van der Waals surface area (Å²) < 4.78 is 32.0. The molecule has 1 saturated heterocycles. The van der Waals surface area contributed by atoms with Crippen molar-refractivity contribution in [1.29, 1.82) is 0 Å². The Hall–Kier alpha value is -3.98. The summed E-state index contributed by atoms with van der Waals surface area (Å²) in [7, 11) is -4.33. The van der Waals surface area contributed by atoms with E-state index >= 15 is 0 Å². The van der Waals surface area contributed by atoms with Crippen LogP contribution < -0.4 is 5.32 Å². The summed E-state index contributed by atoms with van der Waals surface area (Å²) >= 11 is 0. The third-order valence-corrected chi connectivity index (χ3v) is 8.09. The number of aromatic hydroxyl groups is 1. The predicted octanol–water partition coefficient (Wildman–Crippen LogP) is 4.81. The van der Waals surface area contributed by atoms with Gasteiger partial charge in [-0.2, -0.15) is 8.42 Å². The second kappa shape index (κ2) is 10.1. The molecule has 8 heteroatoms. The SMILES string of the molecule is O=C1N[C@@](c2ccccc2)(c2ccc(-c3ccc(S(=O)(=O)O)cc3)c(O)c2)[C@H]1CC[C@H](O)c1ccccc1. The van der Waals surface area contributed by atoms with Crippen LogP contribution in [0.4, 0.5) is 0 Å². The highest BCUT2D eigenvalue weighted by molar-refractivity contribution is 7.85. The lowest BCUT2D eigenvalue weighted by Crippen LogP contribution is -2.67. The third kappa shape index (κ3) is 4.69. The van der Waals surface area contributed by atoms with Crippen LogP contribution in [0.2, 0.25) is 0 Å². The fraction of sp³-hybridized carbons (Fsp3) is 0.167. The van der Waals surface area contributed by atoms with Crippen molar-refractivity contribution >= 4 is 16.0 Å². The number of aliphatic hydroxyl groups is 1. The van der Waals surface area contributed by atoms with E-state index in [1.165, 1.54) is 24.3 Å². The summed E-state index contributed by atoms with van der Waals surface area (Å²) in [5, 5.41) is 24.8. The number of carbonyl (C=O) groups is 1. The maximum absolute atomic E-state index is 12.9. The van der Waals surface area contributed by atoms with Crippen molar-refractivity contribution < 1.29 is 28.0 Å². The molecule has 38 heavy (non-hydrogen) atoms. The van der Waals surface area contributed by atoms with Gasteiger partial charge in [0, 0.05) is 5.56 Å². The molecule has 5 rings (SSSR count). The maximum Gasteiger partial charge on any atom is 0.294 e. The van der Waals surface area contributed by atoms with Gasteiger partial charge < -0.3 is 15.5 Å². The van der Waals surface area contributed by atoms with E-state index in [-0.39, 0.29) is 16.6 Å². The van der Waals surface area contributed by atoms with Gasteiger partial charge in [-0.15, -0.1) is 0 Å². The zero-order valence-corrected chi connectivity index (χ0v) is 21.2. The monoisotopic (exact) mass is 529 g/mol. The molecule has 3 atom stereocenters. The zero-order chi connectivity index (χ0) is 26.9. The Balaban J connectivity index is 1.49. The highest BCUT2D eigenvalue weighted by Gasteiger charge is 2.55. The summed E-state index contributed by atoms with van der Waals surface area (Å²) in [5.41, 5.74) is 2.50. The molecule has 4 N–H and O–H groups in total. The highest BCUT2D eigenvalue weighted by atomic mass is 32.2. The summed E-state index contributed by atoms with van der Waals surface area (Å²) in [6, 6.07) is 29.6.